The Balaban J connectivity index is 2.04. The highest BCUT2D eigenvalue weighted by molar-refractivity contribution is 6.31. The molecule has 1 N–H and O–H groups in total. The summed E-state index contributed by atoms with van der Waals surface area (Å²) in [5.74, 6) is 0.416. The first-order valence-corrected chi connectivity index (χ1v) is 13.0. The molecule has 2 aromatic rings. The summed E-state index contributed by atoms with van der Waals surface area (Å²) in [5, 5.41) is 4.34. The minimum absolute atomic E-state index is 0.416. The molecule has 0 radical (unpaired) electrons. The normalized spacial score (nSPS) is 13.9. The van der Waals surface area contributed by atoms with Crippen LogP contribution in [0.25, 0.3) is 11.3 Å². The van der Waals surface area contributed by atoms with Gasteiger partial charge < -0.3 is 20.0 Å². The molecule has 2 aromatic carbocycles. The van der Waals surface area contributed by atoms with Crippen molar-refractivity contribution >= 4 is 39.9 Å². The third kappa shape index (κ3) is 6.12. The Morgan fingerprint density at radius 3 is 2.49 bits per heavy atom. The monoisotopic (exact) mass is 492 g/mol. The maximum absolute atomic E-state index is 6.40. The zero-order chi connectivity index (χ0) is 25.7. The summed E-state index contributed by atoms with van der Waals surface area (Å²) in [6.45, 7) is 15.9. The van der Waals surface area contributed by atoms with E-state index in [1.807, 2.05) is 12.1 Å². The van der Waals surface area contributed by atoms with Crippen LogP contribution in [-0.2, 0) is 0 Å². The van der Waals surface area contributed by atoms with E-state index >= 15 is 0 Å². The Labute approximate surface area is 217 Å². The van der Waals surface area contributed by atoms with E-state index in [1.54, 1.807) is 0 Å². The zero-order valence-corrected chi connectivity index (χ0v) is 23.2. The fraction of sp³-hybridized carbons (Fsp3) is 0.400. The molecule has 4 nitrogen and oxygen atoms in total. The second-order valence-electron chi connectivity index (χ2n) is 9.67. The Morgan fingerprint density at radius 2 is 1.86 bits per heavy atom. The predicted molar refractivity (Wildman–Crippen MR) is 157 cm³/mol. The van der Waals surface area contributed by atoms with Gasteiger partial charge in [0.15, 0.2) is 0 Å². The van der Waals surface area contributed by atoms with Crippen LogP contribution in [0.2, 0.25) is 5.02 Å². The maximum atomic E-state index is 6.40. The van der Waals surface area contributed by atoms with Crippen molar-refractivity contribution in [3.63, 3.8) is 0 Å². The minimum Gasteiger partial charge on any atom is -0.383 e. The molecule has 0 spiro atoms. The molecular weight excluding hydrogens is 452 g/mol. The molecule has 0 saturated carbocycles. The summed E-state index contributed by atoms with van der Waals surface area (Å²) in [7, 11) is 6.32. The van der Waals surface area contributed by atoms with Crippen LogP contribution in [0.1, 0.15) is 45.2 Å². The van der Waals surface area contributed by atoms with Gasteiger partial charge in [-0.1, -0.05) is 45.0 Å². The Hall–Kier alpha value is -2.69. The lowest BCUT2D eigenvalue weighted by atomic mass is 9.89. The van der Waals surface area contributed by atoms with E-state index < -0.39 is 0 Å². The van der Waals surface area contributed by atoms with Crippen LogP contribution in [-0.4, -0.2) is 45.7 Å². The highest BCUT2D eigenvalue weighted by Gasteiger charge is 2.24. The van der Waals surface area contributed by atoms with Crippen LogP contribution >= 0.6 is 11.6 Å². The van der Waals surface area contributed by atoms with E-state index in [0.29, 0.717) is 5.92 Å². The summed E-state index contributed by atoms with van der Waals surface area (Å²) in [4.78, 5) is 6.76. The molecule has 1 aliphatic heterocycles. The van der Waals surface area contributed by atoms with Gasteiger partial charge in [0.2, 0.25) is 0 Å². The molecule has 0 unspecified atom stereocenters. The molecule has 0 fully saturated rings. The summed E-state index contributed by atoms with van der Waals surface area (Å²) < 4.78 is 0. The maximum Gasteiger partial charge on any atom is 0.0488 e. The number of allylic oxidation sites excluding steroid dienone is 3. The molecule has 3 rings (SSSR count). The van der Waals surface area contributed by atoms with Crippen molar-refractivity contribution in [1.82, 2.24) is 4.90 Å². The van der Waals surface area contributed by atoms with Gasteiger partial charge in [-0.2, -0.15) is 0 Å². The van der Waals surface area contributed by atoms with Crippen LogP contribution in [0.3, 0.4) is 0 Å². The highest BCUT2D eigenvalue weighted by atomic mass is 35.5. The number of benzene rings is 2. The summed E-state index contributed by atoms with van der Waals surface area (Å²) in [6.07, 6.45) is 5.47. The van der Waals surface area contributed by atoms with E-state index in [4.69, 9.17) is 11.6 Å². The number of halogens is 1. The van der Waals surface area contributed by atoms with E-state index in [-0.39, 0.29) is 0 Å². The highest BCUT2D eigenvalue weighted by Crippen LogP contribution is 2.42. The first-order chi connectivity index (χ1) is 16.7. The van der Waals surface area contributed by atoms with Gasteiger partial charge in [-0.05, 0) is 81.4 Å². The summed E-state index contributed by atoms with van der Waals surface area (Å²) in [5.41, 5.74) is 9.45. The van der Waals surface area contributed by atoms with Gasteiger partial charge in [-0.25, -0.2) is 0 Å². The average Bonchev–Trinajstić information content (AvgIpc) is 2.81. The number of likely N-dealkylation sites (N-methyl/N-ethyl adjacent to an activating group) is 2. The second-order valence-corrected chi connectivity index (χ2v) is 10.1. The smallest absolute Gasteiger partial charge is 0.0488 e. The molecule has 0 aliphatic carbocycles. The first kappa shape index (κ1) is 26.9. The molecule has 0 atom stereocenters. The molecule has 1 heterocycles. The lowest BCUT2D eigenvalue weighted by molar-refractivity contribution is 0.425. The molecule has 0 saturated heterocycles. The molecule has 5 heteroatoms. The molecule has 1 aliphatic rings. The van der Waals surface area contributed by atoms with E-state index in [0.717, 1.165) is 53.7 Å². The number of fused-ring (bicyclic) bond motifs is 1. The van der Waals surface area contributed by atoms with Gasteiger partial charge in [-0.3, -0.25) is 0 Å². The molecule has 188 valence electrons. The van der Waals surface area contributed by atoms with Gasteiger partial charge in [0.05, 0.1) is 0 Å². The van der Waals surface area contributed by atoms with Crippen LogP contribution in [0.15, 0.2) is 60.8 Å². The number of hydrogen-bond acceptors (Lipinski definition) is 4. The lowest BCUT2D eigenvalue weighted by Gasteiger charge is -2.34. The standard InChI is InChI=1S/C30H41ClN4/c1-9-11-29(25-14-12-23(31)19-28(25)32-16-17-33(6)7)34(8)24-13-15-30-27(20-24)26(21(3)4)18-22(5)35(30)10-2/h11-15,18-21,32H,5,9-10,16-17H2,1-4,6-8H3/b29-11+. The van der Waals surface area contributed by atoms with E-state index in [1.165, 1.54) is 22.5 Å². The van der Waals surface area contributed by atoms with Gasteiger partial charge in [0.1, 0.15) is 0 Å². The average molecular weight is 493 g/mol. The third-order valence-corrected chi connectivity index (χ3v) is 6.70. The first-order valence-electron chi connectivity index (χ1n) is 12.6. The Bertz CT molecular complexity index is 1110. The van der Waals surface area contributed by atoms with E-state index in [9.17, 15) is 0 Å². The van der Waals surface area contributed by atoms with Crippen LogP contribution in [0.4, 0.5) is 17.1 Å². The molecule has 0 aromatic heterocycles. The quantitative estimate of drug-likeness (QED) is 0.368. The predicted octanol–water partition coefficient (Wildman–Crippen LogP) is 7.59. The van der Waals surface area contributed by atoms with Crippen molar-refractivity contribution in [2.45, 2.75) is 34.1 Å². The number of rotatable bonds is 10. The minimum atomic E-state index is 0.416. The van der Waals surface area contributed by atoms with Crippen molar-refractivity contribution in [2.75, 3.05) is 55.9 Å². The largest absolute Gasteiger partial charge is 0.383 e. The summed E-state index contributed by atoms with van der Waals surface area (Å²) in [6, 6.07) is 12.9. The van der Waals surface area contributed by atoms with Crippen LogP contribution in [0.5, 0.6) is 0 Å². The fourth-order valence-corrected chi connectivity index (χ4v) is 4.77. The Morgan fingerprint density at radius 1 is 1.11 bits per heavy atom. The van der Waals surface area contributed by atoms with Gasteiger partial charge >= 0.3 is 0 Å². The molecular formula is C30H41ClN4. The molecule has 0 bridgehead atoms. The molecule has 35 heavy (non-hydrogen) atoms. The van der Waals surface area contributed by atoms with Gasteiger partial charge in [0.25, 0.3) is 0 Å². The van der Waals surface area contributed by atoms with Crippen molar-refractivity contribution < 1.29 is 0 Å². The second kappa shape index (κ2) is 11.8. The Kier molecular flexibility index (Phi) is 9.09. The molecule has 0 amide bonds. The topological polar surface area (TPSA) is 21.8 Å². The van der Waals surface area contributed by atoms with Crippen molar-refractivity contribution in [3.05, 3.63) is 77.0 Å². The SMILES string of the molecule is C=C1C=C(C(C)C)c2cc(N(C)/C(=C/CC)c3ccc(Cl)cc3NCCN(C)C)ccc2N1CC. The van der Waals surface area contributed by atoms with Gasteiger partial charge in [-0.15, -0.1) is 0 Å². The third-order valence-electron chi connectivity index (χ3n) is 6.47. The number of hydrogen-bond donors (Lipinski definition) is 1. The zero-order valence-electron chi connectivity index (χ0n) is 22.5. The van der Waals surface area contributed by atoms with Crippen LogP contribution in [0, 0.1) is 5.92 Å². The van der Waals surface area contributed by atoms with Crippen LogP contribution < -0.4 is 15.1 Å². The van der Waals surface area contributed by atoms with Crippen molar-refractivity contribution in [3.8, 4) is 0 Å². The number of anilines is 3. The van der Waals surface area contributed by atoms with Crippen molar-refractivity contribution in [1.29, 1.82) is 0 Å². The number of nitrogens with one attached hydrogen (secondary N) is 1. The number of nitrogens with zero attached hydrogens (tertiary/aromatic N) is 3. The van der Waals surface area contributed by atoms with Crippen molar-refractivity contribution in [2.24, 2.45) is 5.92 Å². The van der Waals surface area contributed by atoms with Gasteiger partial charge in [0, 0.05) is 71.3 Å². The van der Waals surface area contributed by atoms with E-state index in [2.05, 4.69) is 112 Å². The fourth-order valence-electron chi connectivity index (χ4n) is 4.60. The summed E-state index contributed by atoms with van der Waals surface area (Å²) >= 11 is 6.40. The lowest BCUT2D eigenvalue weighted by Crippen LogP contribution is -2.25.